The van der Waals surface area contributed by atoms with Crippen molar-refractivity contribution in [2.75, 3.05) is 6.54 Å². The number of amides is 1. The number of carboxylic acids is 1. The number of carbonyl (C=O) groups is 2. The van der Waals surface area contributed by atoms with E-state index in [4.69, 9.17) is 5.11 Å². The Hall–Kier alpha value is -1.06. The van der Waals surface area contributed by atoms with Gasteiger partial charge in [0.25, 0.3) is 0 Å². The van der Waals surface area contributed by atoms with E-state index in [9.17, 15) is 9.59 Å². The highest BCUT2D eigenvalue weighted by molar-refractivity contribution is 5.78. The summed E-state index contributed by atoms with van der Waals surface area (Å²) in [5.41, 5.74) is 0.430. The molecule has 1 unspecified atom stereocenters. The predicted molar refractivity (Wildman–Crippen MR) is 77.3 cm³/mol. The Labute approximate surface area is 121 Å². The van der Waals surface area contributed by atoms with E-state index < -0.39 is 5.97 Å². The Morgan fingerprint density at radius 1 is 1.15 bits per heavy atom. The molecule has 0 radical (unpaired) electrons. The highest BCUT2D eigenvalue weighted by atomic mass is 16.4. The van der Waals surface area contributed by atoms with E-state index in [-0.39, 0.29) is 18.4 Å². The molecule has 1 saturated heterocycles. The Morgan fingerprint density at radius 3 is 2.40 bits per heavy atom. The van der Waals surface area contributed by atoms with Crippen molar-refractivity contribution in [2.45, 2.75) is 71.3 Å². The lowest BCUT2D eigenvalue weighted by Crippen LogP contribution is -2.38. The molecule has 1 aliphatic heterocycles. The number of carboxylic acid groups (broad SMARTS) is 1. The average Bonchev–Trinajstić information content (AvgIpc) is 2.79. The van der Waals surface area contributed by atoms with Crippen molar-refractivity contribution in [3.8, 4) is 0 Å². The summed E-state index contributed by atoms with van der Waals surface area (Å²) >= 11 is 0. The van der Waals surface area contributed by atoms with Crippen LogP contribution in [0.15, 0.2) is 0 Å². The molecule has 1 aliphatic carbocycles. The molecule has 2 fully saturated rings. The van der Waals surface area contributed by atoms with E-state index in [2.05, 4.69) is 13.8 Å². The highest BCUT2D eigenvalue weighted by Crippen LogP contribution is 2.39. The molecular weight excluding hydrogens is 254 g/mol. The van der Waals surface area contributed by atoms with E-state index in [1.807, 2.05) is 4.90 Å². The van der Waals surface area contributed by atoms with Crippen LogP contribution in [0.5, 0.6) is 0 Å². The Balaban J connectivity index is 1.84. The molecule has 0 spiro atoms. The maximum Gasteiger partial charge on any atom is 0.305 e. The van der Waals surface area contributed by atoms with Crippen LogP contribution in [-0.4, -0.2) is 34.5 Å². The number of rotatable bonds is 4. The number of nitrogens with zero attached hydrogens (tertiary/aromatic N) is 1. The van der Waals surface area contributed by atoms with E-state index >= 15 is 0 Å². The third-order valence-electron chi connectivity index (χ3n) is 5.03. The molecule has 0 aromatic heterocycles. The van der Waals surface area contributed by atoms with Crippen molar-refractivity contribution in [2.24, 2.45) is 11.3 Å². The lowest BCUT2D eigenvalue weighted by atomic mass is 9.72. The van der Waals surface area contributed by atoms with Gasteiger partial charge >= 0.3 is 5.97 Å². The minimum absolute atomic E-state index is 0.0694. The molecule has 1 amide bonds. The van der Waals surface area contributed by atoms with Gasteiger partial charge in [0, 0.05) is 19.0 Å². The molecule has 114 valence electrons. The molecule has 20 heavy (non-hydrogen) atoms. The smallest absolute Gasteiger partial charge is 0.305 e. The summed E-state index contributed by atoms with van der Waals surface area (Å²) in [6.45, 7) is 5.35. The van der Waals surface area contributed by atoms with Gasteiger partial charge in [-0.1, -0.05) is 13.8 Å². The fraction of sp³-hybridized carbons (Fsp3) is 0.875. The topological polar surface area (TPSA) is 57.6 Å². The molecule has 0 aromatic carbocycles. The van der Waals surface area contributed by atoms with Crippen LogP contribution in [0.4, 0.5) is 0 Å². The Bertz CT molecular complexity index is 368. The van der Waals surface area contributed by atoms with Gasteiger partial charge in [-0.05, 0) is 49.9 Å². The van der Waals surface area contributed by atoms with Crippen molar-refractivity contribution >= 4 is 11.9 Å². The van der Waals surface area contributed by atoms with Crippen molar-refractivity contribution in [1.29, 1.82) is 0 Å². The molecule has 0 aromatic rings. The van der Waals surface area contributed by atoms with Crippen LogP contribution >= 0.6 is 0 Å². The van der Waals surface area contributed by atoms with Gasteiger partial charge in [0.2, 0.25) is 5.91 Å². The minimum Gasteiger partial charge on any atom is -0.481 e. The minimum atomic E-state index is -0.797. The molecule has 2 aliphatic rings. The van der Waals surface area contributed by atoms with Gasteiger partial charge < -0.3 is 10.0 Å². The second-order valence-corrected chi connectivity index (χ2v) is 7.29. The first kappa shape index (κ1) is 15.3. The maximum absolute atomic E-state index is 12.4. The fourth-order valence-electron chi connectivity index (χ4n) is 3.61. The van der Waals surface area contributed by atoms with Crippen LogP contribution in [0.3, 0.4) is 0 Å². The molecule has 4 nitrogen and oxygen atoms in total. The van der Waals surface area contributed by atoms with Gasteiger partial charge in [-0.15, -0.1) is 0 Å². The summed E-state index contributed by atoms with van der Waals surface area (Å²) in [6, 6.07) is -0.0694. The molecule has 4 heteroatoms. The predicted octanol–water partition coefficient (Wildman–Crippen LogP) is 3.06. The van der Waals surface area contributed by atoms with Gasteiger partial charge in [-0.2, -0.15) is 0 Å². The summed E-state index contributed by atoms with van der Waals surface area (Å²) in [6.07, 6.45) is 7.17. The summed E-state index contributed by atoms with van der Waals surface area (Å²) in [5.74, 6) is -0.117. The number of hydrogen-bond acceptors (Lipinski definition) is 2. The van der Waals surface area contributed by atoms with Gasteiger partial charge in [-0.3, -0.25) is 9.59 Å². The van der Waals surface area contributed by atoms with Crippen molar-refractivity contribution in [3.63, 3.8) is 0 Å². The zero-order chi connectivity index (χ0) is 14.8. The van der Waals surface area contributed by atoms with Crippen LogP contribution < -0.4 is 0 Å². The van der Waals surface area contributed by atoms with Crippen LogP contribution in [-0.2, 0) is 9.59 Å². The van der Waals surface area contributed by atoms with Crippen LogP contribution in [0.2, 0.25) is 0 Å². The van der Waals surface area contributed by atoms with E-state index in [1.54, 1.807) is 0 Å². The second kappa shape index (κ2) is 6.15. The third-order valence-corrected chi connectivity index (χ3v) is 5.03. The van der Waals surface area contributed by atoms with Gasteiger partial charge in [0.1, 0.15) is 0 Å². The maximum atomic E-state index is 12.4. The molecule has 1 saturated carbocycles. The monoisotopic (exact) mass is 281 g/mol. The fourth-order valence-corrected chi connectivity index (χ4v) is 3.61. The molecular formula is C16H27NO3. The summed E-state index contributed by atoms with van der Waals surface area (Å²) < 4.78 is 0. The highest BCUT2D eigenvalue weighted by Gasteiger charge is 2.33. The van der Waals surface area contributed by atoms with E-state index in [0.717, 1.165) is 32.2 Å². The first-order valence-corrected chi connectivity index (χ1v) is 7.89. The van der Waals surface area contributed by atoms with Crippen molar-refractivity contribution in [3.05, 3.63) is 0 Å². The first-order valence-electron chi connectivity index (χ1n) is 7.89. The lowest BCUT2D eigenvalue weighted by molar-refractivity contribution is -0.140. The number of aliphatic carboxylic acids is 1. The van der Waals surface area contributed by atoms with E-state index in [0.29, 0.717) is 17.8 Å². The molecule has 1 N–H and O–H groups in total. The second-order valence-electron chi connectivity index (χ2n) is 7.29. The van der Waals surface area contributed by atoms with Crippen molar-refractivity contribution in [1.82, 2.24) is 4.90 Å². The molecule has 0 bridgehead atoms. The molecule has 2 rings (SSSR count). The Kier molecular flexibility index (Phi) is 4.71. The number of carbonyl (C=O) groups excluding carboxylic acids is 1. The standard InChI is InChI=1S/C16H27NO3/c1-16(2)7-5-12(6-8-16)10-14(18)17-9-3-4-13(17)11-15(19)20/h12-13H,3-11H2,1-2H3,(H,19,20). The summed E-state index contributed by atoms with van der Waals surface area (Å²) in [4.78, 5) is 25.1. The lowest BCUT2D eigenvalue weighted by Gasteiger charge is -2.35. The molecule has 1 heterocycles. The first-order chi connectivity index (χ1) is 9.37. The normalized spacial score (nSPS) is 26.7. The average molecular weight is 281 g/mol. The van der Waals surface area contributed by atoms with Crippen LogP contribution in [0.1, 0.15) is 65.2 Å². The van der Waals surface area contributed by atoms with Gasteiger partial charge in [-0.25, -0.2) is 0 Å². The quantitative estimate of drug-likeness (QED) is 0.861. The summed E-state index contributed by atoms with van der Waals surface area (Å²) in [5, 5.41) is 8.91. The largest absolute Gasteiger partial charge is 0.481 e. The zero-order valence-corrected chi connectivity index (χ0v) is 12.7. The van der Waals surface area contributed by atoms with Gasteiger partial charge in [0.05, 0.1) is 6.42 Å². The van der Waals surface area contributed by atoms with E-state index in [1.165, 1.54) is 12.8 Å². The zero-order valence-electron chi connectivity index (χ0n) is 12.7. The third kappa shape index (κ3) is 3.97. The molecule has 1 atom stereocenters. The van der Waals surface area contributed by atoms with Crippen molar-refractivity contribution < 1.29 is 14.7 Å². The number of hydrogen-bond donors (Lipinski definition) is 1. The van der Waals surface area contributed by atoms with Crippen LogP contribution in [0.25, 0.3) is 0 Å². The summed E-state index contributed by atoms with van der Waals surface area (Å²) in [7, 11) is 0. The van der Waals surface area contributed by atoms with Crippen LogP contribution in [0, 0.1) is 11.3 Å². The Morgan fingerprint density at radius 2 is 1.80 bits per heavy atom. The number of likely N-dealkylation sites (tertiary alicyclic amines) is 1. The SMILES string of the molecule is CC1(C)CCC(CC(=O)N2CCCC2CC(=O)O)CC1. The van der Waals surface area contributed by atoms with Gasteiger partial charge in [0.15, 0.2) is 0 Å².